The van der Waals surface area contributed by atoms with Gasteiger partial charge in [0.1, 0.15) is 0 Å². The van der Waals surface area contributed by atoms with Crippen molar-refractivity contribution in [3.63, 3.8) is 0 Å². The molecule has 2 aromatic carbocycles. The molecule has 1 N–H and O–H groups in total. The van der Waals surface area contributed by atoms with E-state index in [1.165, 1.54) is 79.5 Å². The van der Waals surface area contributed by atoms with Gasteiger partial charge in [-0.15, -0.1) is 0 Å². The minimum Gasteiger partial charge on any atom is -0.361 e. The second-order valence-electron chi connectivity index (χ2n) is 9.83. The molecule has 0 atom stereocenters. The maximum atomic E-state index is 12.4. The van der Waals surface area contributed by atoms with E-state index < -0.39 is 0 Å². The van der Waals surface area contributed by atoms with Gasteiger partial charge in [0.15, 0.2) is 0 Å². The van der Waals surface area contributed by atoms with E-state index in [2.05, 4.69) is 40.3 Å². The van der Waals surface area contributed by atoms with Gasteiger partial charge >= 0.3 is 0 Å². The SMILES string of the molecule is O=C1c2ccccc2C(=O)N1CCCCCCCCN1CCC(c2c[nH]c3ccccc23)CC1. The van der Waals surface area contributed by atoms with Gasteiger partial charge in [-0.25, -0.2) is 0 Å². The number of hydrogen-bond acceptors (Lipinski definition) is 3. The normalized spacial score (nSPS) is 17.1. The number of aromatic nitrogens is 1. The number of rotatable bonds is 10. The predicted molar refractivity (Wildman–Crippen MR) is 136 cm³/mol. The number of amides is 2. The Kier molecular flexibility index (Phi) is 7.10. The third kappa shape index (κ3) is 4.80. The van der Waals surface area contributed by atoms with Crippen molar-refractivity contribution in [3.8, 4) is 0 Å². The fourth-order valence-electron chi connectivity index (χ4n) is 5.65. The number of fused-ring (bicyclic) bond motifs is 2. The Morgan fingerprint density at radius 2 is 1.32 bits per heavy atom. The summed E-state index contributed by atoms with van der Waals surface area (Å²) in [5.74, 6) is 0.415. The lowest BCUT2D eigenvalue weighted by atomic mass is 9.89. The quantitative estimate of drug-likeness (QED) is 0.301. The highest BCUT2D eigenvalue weighted by Gasteiger charge is 2.34. The van der Waals surface area contributed by atoms with Gasteiger partial charge in [0.05, 0.1) is 11.1 Å². The third-order valence-electron chi connectivity index (χ3n) is 7.63. The van der Waals surface area contributed by atoms with Crippen LogP contribution in [0.5, 0.6) is 0 Å². The van der Waals surface area contributed by atoms with Crippen LogP contribution in [0, 0.1) is 0 Å². The fourth-order valence-corrected chi connectivity index (χ4v) is 5.65. The van der Waals surface area contributed by atoms with Crippen LogP contribution in [-0.4, -0.2) is 52.8 Å². The molecule has 3 heterocycles. The molecule has 1 fully saturated rings. The Hall–Kier alpha value is -2.92. The molecular formula is C29H35N3O2. The predicted octanol–water partition coefficient (Wildman–Crippen LogP) is 5.98. The van der Waals surface area contributed by atoms with Gasteiger partial charge in [0.25, 0.3) is 11.8 Å². The molecule has 0 unspecified atom stereocenters. The van der Waals surface area contributed by atoms with E-state index in [1.807, 2.05) is 12.1 Å². The lowest BCUT2D eigenvalue weighted by Gasteiger charge is -2.32. The number of piperidine rings is 1. The van der Waals surface area contributed by atoms with Crippen LogP contribution < -0.4 is 0 Å². The number of nitrogens with one attached hydrogen (secondary N) is 1. The molecule has 178 valence electrons. The summed E-state index contributed by atoms with van der Waals surface area (Å²) in [5.41, 5.74) is 3.86. The van der Waals surface area contributed by atoms with Crippen LogP contribution in [0.1, 0.15) is 83.6 Å². The monoisotopic (exact) mass is 457 g/mol. The molecule has 1 aromatic heterocycles. The summed E-state index contributed by atoms with van der Waals surface area (Å²) in [5, 5.41) is 1.39. The number of hydrogen-bond donors (Lipinski definition) is 1. The van der Waals surface area contributed by atoms with E-state index in [0.29, 0.717) is 23.6 Å². The van der Waals surface area contributed by atoms with E-state index in [1.54, 1.807) is 12.1 Å². The van der Waals surface area contributed by atoms with Gasteiger partial charge in [-0.3, -0.25) is 14.5 Å². The van der Waals surface area contributed by atoms with Crippen molar-refractivity contribution in [1.29, 1.82) is 0 Å². The average Bonchev–Trinajstić information content (AvgIpc) is 3.41. The largest absolute Gasteiger partial charge is 0.361 e. The van der Waals surface area contributed by atoms with Gasteiger partial charge < -0.3 is 9.88 Å². The Labute approximate surface area is 202 Å². The van der Waals surface area contributed by atoms with E-state index in [-0.39, 0.29) is 11.8 Å². The van der Waals surface area contributed by atoms with Crippen molar-refractivity contribution in [2.24, 2.45) is 0 Å². The Bertz CT molecular complexity index is 1110. The van der Waals surface area contributed by atoms with Crippen LogP contribution in [-0.2, 0) is 0 Å². The third-order valence-corrected chi connectivity index (χ3v) is 7.63. The van der Waals surface area contributed by atoms with Crippen LogP contribution in [0.15, 0.2) is 54.7 Å². The zero-order chi connectivity index (χ0) is 23.3. The summed E-state index contributed by atoms with van der Waals surface area (Å²) >= 11 is 0. The molecule has 3 aromatic rings. The number of carbonyl (C=O) groups excluding carboxylic acids is 2. The molecule has 0 spiro atoms. The second-order valence-corrected chi connectivity index (χ2v) is 9.83. The number of imide groups is 1. The Morgan fingerprint density at radius 1 is 0.735 bits per heavy atom. The molecule has 0 bridgehead atoms. The van der Waals surface area contributed by atoms with Crippen molar-refractivity contribution < 1.29 is 9.59 Å². The highest BCUT2D eigenvalue weighted by molar-refractivity contribution is 6.21. The molecule has 2 amide bonds. The number of likely N-dealkylation sites (tertiary alicyclic amines) is 1. The molecule has 34 heavy (non-hydrogen) atoms. The Balaban J connectivity index is 0.938. The zero-order valence-electron chi connectivity index (χ0n) is 20.0. The number of carbonyl (C=O) groups is 2. The number of benzene rings is 2. The molecule has 5 nitrogen and oxygen atoms in total. The first-order valence-electron chi connectivity index (χ1n) is 13.0. The van der Waals surface area contributed by atoms with Crippen molar-refractivity contribution in [2.75, 3.05) is 26.2 Å². The summed E-state index contributed by atoms with van der Waals surface area (Å²) in [6, 6.07) is 15.8. The van der Waals surface area contributed by atoms with Gasteiger partial charge in [-0.05, 0) is 75.0 Å². The average molecular weight is 458 g/mol. The lowest BCUT2D eigenvalue weighted by molar-refractivity contribution is 0.0651. The minimum absolute atomic E-state index is 0.130. The van der Waals surface area contributed by atoms with E-state index in [0.717, 1.165) is 12.8 Å². The molecule has 5 heteroatoms. The summed E-state index contributed by atoms with van der Waals surface area (Å²) in [6.07, 6.45) is 11.6. The van der Waals surface area contributed by atoms with Crippen LogP contribution in [0.25, 0.3) is 10.9 Å². The van der Waals surface area contributed by atoms with Crippen molar-refractivity contribution in [3.05, 3.63) is 71.4 Å². The molecule has 0 aliphatic carbocycles. The van der Waals surface area contributed by atoms with Crippen LogP contribution in [0.2, 0.25) is 0 Å². The summed E-state index contributed by atoms with van der Waals surface area (Å²) in [7, 11) is 0. The molecule has 0 radical (unpaired) electrons. The molecule has 2 aliphatic heterocycles. The van der Waals surface area contributed by atoms with Crippen molar-refractivity contribution in [2.45, 2.75) is 57.3 Å². The van der Waals surface area contributed by atoms with Gasteiger partial charge in [-0.2, -0.15) is 0 Å². The topological polar surface area (TPSA) is 56.4 Å². The first-order chi connectivity index (χ1) is 16.7. The maximum absolute atomic E-state index is 12.4. The molecular weight excluding hydrogens is 422 g/mol. The highest BCUT2D eigenvalue weighted by atomic mass is 16.2. The van der Waals surface area contributed by atoms with Crippen LogP contribution in [0.4, 0.5) is 0 Å². The molecule has 2 aliphatic rings. The van der Waals surface area contributed by atoms with Gasteiger partial charge in [0.2, 0.25) is 0 Å². The van der Waals surface area contributed by atoms with E-state index in [4.69, 9.17) is 0 Å². The minimum atomic E-state index is -0.130. The van der Waals surface area contributed by atoms with Gasteiger partial charge in [-0.1, -0.05) is 56.0 Å². The first-order valence-corrected chi connectivity index (χ1v) is 13.0. The van der Waals surface area contributed by atoms with Gasteiger partial charge in [0, 0.05) is 23.6 Å². The van der Waals surface area contributed by atoms with Crippen LogP contribution >= 0.6 is 0 Å². The summed E-state index contributed by atoms with van der Waals surface area (Å²) in [4.78, 5) is 32.3. The standard InChI is InChI=1S/C29H35N3O2/c33-28-24-12-5-6-13-25(24)29(34)32(28)18-10-4-2-1-3-9-17-31-19-15-22(16-20-31)26-21-30-27-14-8-7-11-23(26)27/h5-8,11-14,21-22,30H,1-4,9-10,15-20H2. The smallest absolute Gasteiger partial charge is 0.261 e. The lowest BCUT2D eigenvalue weighted by Crippen LogP contribution is -2.33. The number of aromatic amines is 1. The molecule has 5 rings (SSSR count). The first kappa shape index (κ1) is 22.9. The highest BCUT2D eigenvalue weighted by Crippen LogP contribution is 2.33. The number of unbranched alkanes of at least 4 members (excludes halogenated alkanes) is 5. The number of H-pyrrole nitrogens is 1. The Morgan fingerprint density at radius 3 is 2.03 bits per heavy atom. The summed E-state index contributed by atoms with van der Waals surface area (Å²) < 4.78 is 0. The van der Waals surface area contributed by atoms with E-state index >= 15 is 0 Å². The van der Waals surface area contributed by atoms with E-state index in [9.17, 15) is 9.59 Å². The number of nitrogens with zero attached hydrogens (tertiary/aromatic N) is 2. The van der Waals surface area contributed by atoms with Crippen LogP contribution in [0.3, 0.4) is 0 Å². The molecule has 0 saturated carbocycles. The zero-order valence-corrected chi connectivity index (χ0v) is 20.0. The summed E-state index contributed by atoms with van der Waals surface area (Å²) in [6.45, 7) is 4.14. The number of para-hydroxylation sites is 1. The van der Waals surface area contributed by atoms with Crippen molar-refractivity contribution >= 4 is 22.7 Å². The second kappa shape index (κ2) is 10.6. The maximum Gasteiger partial charge on any atom is 0.261 e. The fraction of sp³-hybridized carbons (Fsp3) is 0.448. The van der Waals surface area contributed by atoms with Crippen molar-refractivity contribution in [1.82, 2.24) is 14.8 Å². The molecule has 1 saturated heterocycles.